The van der Waals surface area contributed by atoms with Crippen LogP contribution in [0.1, 0.15) is 46.5 Å². The second kappa shape index (κ2) is 6.59. The highest BCUT2D eigenvalue weighted by atomic mass is 16.2. The molecule has 1 rings (SSSR count). The zero-order chi connectivity index (χ0) is 15.3. The Morgan fingerprint density at radius 2 is 2.00 bits per heavy atom. The van der Waals surface area contributed by atoms with Crippen molar-refractivity contribution in [1.82, 2.24) is 5.32 Å². The van der Waals surface area contributed by atoms with Gasteiger partial charge in [-0.2, -0.15) is 0 Å². The largest absolute Gasteiger partial charge is 0.366 e. The molecule has 0 fully saturated rings. The molecule has 0 bridgehead atoms. The molecule has 0 heterocycles. The zero-order valence-electron chi connectivity index (χ0n) is 12.6. The van der Waals surface area contributed by atoms with Crippen molar-refractivity contribution in [2.75, 3.05) is 6.54 Å². The molecule has 112 valence electrons. The normalized spacial score (nSPS) is 18.9. The van der Waals surface area contributed by atoms with E-state index in [1.54, 1.807) is 0 Å². The summed E-state index contributed by atoms with van der Waals surface area (Å²) in [4.78, 5) is 22.0. The van der Waals surface area contributed by atoms with Gasteiger partial charge in [-0.25, -0.2) is 4.79 Å². The number of nitrogens with two attached hydrogens (primary N) is 2. The van der Waals surface area contributed by atoms with Crippen molar-refractivity contribution in [1.29, 1.82) is 0 Å². The van der Waals surface area contributed by atoms with Gasteiger partial charge in [0, 0.05) is 12.6 Å². The molecule has 0 atom stereocenters. The minimum atomic E-state index is -0.558. The molecular formula is C15H25N3O2. The standard InChI is InChI=1S/C15H25N3O2/c1-10-5-4-7-15(2,3)13(10)11(9-12(16)19)6-8-18-14(17)20/h9H,4-8H2,1-3H3,(H2,16,19)(H3,17,18,20). The van der Waals surface area contributed by atoms with Crippen molar-refractivity contribution in [3.05, 3.63) is 22.8 Å². The highest BCUT2D eigenvalue weighted by Crippen LogP contribution is 2.44. The van der Waals surface area contributed by atoms with Gasteiger partial charge in [-0.1, -0.05) is 19.4 Å². The second-order valence-corrected chi connectivity index (χ2v) is 6.01. The molecule has 0 radical (unpaired) electrons. The third-order valence-electron chi connectivity index (χ3n) is 3.79. The lowest BCUT2D eigenvalue weighted by molar-refractivity contribution is -0.113. The van der Waals surface area contributed by atoms with Gasteiger partial charge < -0.3 is 16.8 Å². The Morgan fingerprint density at radius 3 is 2.50 bits per heavy atom. The van der Waals surface area contributed by atoms with Gasteiger partial charge in [0.25, 0.3) is 0 Å². The number of primary amides is 2. The van der Waals surface area contributed by atoms with Crippen LogP contribution in [-0.2, 0) is 4.79 Å². The summed E-state index contributed by atoms with van der Waals surface area (Å²) in [5.41, 5.74) is 13.8. The van der Waals surface area contributed by atoms with Crippen molar-refractivity contribution < 1.29 is 9.59 Å². The maximum Gasteiger partial charge on any atom is 0.312 e. The molecule has 0 aliphatic heterocycles. The lowest BCUT2D eigenvalue weighted by atomic mass is 9.69. The van der Waals surface area contributed by atoms with Crippen molar-refractivity contribution in [2.45, 2.75) is 46.5 Å². The van der Waals surface area contributed by atoms with E-state index in [9.17, 15) is 9.59 Å². The van der Waals surface area contributed by atoms with Crippen LogP contribution in [0.5, 0.6) is 0 Å². The third kappa shape index (κ3) is 4.40. The first-order valence-electron chi connectivity index (χ1n) is 6.98. The lowest BCUT2D eigenvalue weighted by Gasteiger charge is -2.36. The molecule has 0 aromatic heterocycles. The SMILES string of the molecule is CC1=C(C(=CC(N)=O)CCNC(N)=O)C(C)(C)CCC1. The summed E-state index contributed by atoms with van der Waals surface area (Å²) in [6.45, 7) is 6.87. The number of urea groups is 1. The molecule has 1 aliphatic carbocycles. The average molecular weight is 279 g/mol. The molecule has 0 aromatic rings. The number of hydrogen-bond acceptors (Lipinski definition) is 2. The minimum absolute atomic E-state index is 0.0241. The van der Waals surface area contributed by atoms with Crippen LogP contribution in [0, 0.1) is 5.41 Å². The second-order valence-electron chi connectivity index (χ2n) is 6.01. The summed E-state index contributed by atoms with van der Waals surface area (Å²) in [6.07, 6.45) is 5.32. The van der Waals surface area contributed by atoms with Gasteiger partial charge in [-0.3, -0.25) is 4.79 Å². The molecule has 3 amide bonds. The maximum atomic E-state index is 11.3. The summed E-state index contributed by atoms with van der Waals surface area (Å²) in [5, 5.41) is 2.55. The van der Waals surface area contributed by atoms with E-state index in [1.807, 2.05) is 0 Å². The fourth-order valence-corrected chi connectivity index (χ4v) is 3.09. The lowest BCUT2D eigenvalue weighted by Crippen LogP contribution is -2.31. The van der Waals surface area contributed by atoms with Gasteiger partial charge in [-0.05, 0) is 49.2 Å². The summed E-state index contributed by atoms with van der Waals surface area (Å²) in [5.74, 6) is -0.458. The summed E-state index contributed by atoms with van der Waals surface area (Å²) in [6, 6.07) is -0.558. The molecule has 0 saturated carbocycles. The van der Waals surface area contributed by atoms with Crippen LogP contribution < -0.4 is 16.8 Å². The van der Waals surface area contributed by atoms with Gasteiger partial charge in [0.15, 0.2) is 0 Å². The van der Waals surface area contributed by atoms with Gasteiger partial charge >= 0.3 is 6.03 Å². The fraction of sp³-hybridized carbons (Fsp3) is 0.600. The van der Waals surface area contributed by atoms with Crippen LogP contribution in [-0.4, -0.2) is 18.5 Å². The van der Waals surface area contributed by atoms with Gasteiger partial charge in [0.1, 0.15) is 0 Å². The average Bonchev–Trinajstić information content (AvgIpc) is 2.25. The Balaban J connectivity index is 3.04. The van der Waals surface area contributed by atoms with E-state index in [2.05, 4.69) is 26.1 Å². The Morgan fingerprint density at radius 1 is 1.35 bits per heavy atom. The number of allylic oxidation sites excluding steroid dienone is 2. The van der Waals surface area contributed by atoms with E-state index in [0.29, 0.717) is 13.0 Å². The first kappa shape index (κ1) is 16.3. The first-order chi connectivity index (χ1) is 9.24. The number of rotatable bonds is 5. The molecule has 5 heteroatoms. The molecule has 0 spiro atoms. The van der Waals surface area contributed by atoms with Gasteiger partial charge in [0.2, 0.25) is 5.91 Å². The van der Waals surface area contributed by atoms with Crippen LogP contribution in [0.4, 0.5) is 4.79 Å². The number of hydrogen-bond donors (Lipinski definition) is 3. The van der Waals surface area contributed by atoms with Gasteiger partial charge in [-0.15, -0.1) is 0 Å². The van der Waals surface area contributed by atoms with Crippen molar-refractivity contribution in [3.63, 3.8) is 0 Å². The molecule has 0 saturated heterocycles. The molecule has 20 heavy (non-hydrogen) atoms. The quantitative estimate of drug-likeness (QED) is 0.671. The van der Waals surface area contributed by atoms with E-state index in [1.165, 1.54) is 17.2 Å². The number of amides is 3. The smallest absolute Gasteiger partial charge is 0.312 e. The monoisotopic (exact) mass is 279 g/mol. The Bertz CT molecular complexity index is 462. The highest BCUT2D eigenvalue weighted by Gasteiger charge is 2.30. The Hall–Kier alpha value is -1.78. The molecule has 0 unspecified atom stereocenters. The van der Waals surface area contributed by atoms with E-state index in [0.717, 1.165) is 24.8 Å². The van der Waals surface area contributed by atoms with Crippen molar-refractivity contribution in [2.24, 2.45) is 16.9 Å². The summed E-state index contributed by atoms with van der Waals surface area (Å²) in [7, 11) is 0. The zero-order valence-corrected chi connectivity index (χ0v) is 12.6. The van der Waals surface area contributed by atoms with Gasteiger partial charge in [0.05, 0.1) is 0 Å². The van der Waals surface area contributed by atoms with E-state index >= 15 is 0 Å². The van der Waals surface area contributed by atoms with Crippen LogP contribution >= 0.6 is 0 Å². The van der Waals surface area contributed by atoms with E-state index in [4.69, 9.17) is 11.5 Å². The summed E-state index contributed by atoms with van der Waals surface area (Å²) < 4.78 is 0. The van der Waals surface area contributed by atoms with Crippen molar-refractivity contribution in [3.8, 4) is 0 Å². The van der Waals surface area contributed by atoms with Crippen LogP contribution in [0.2, 0.25) is 0 Å². The number of carbonyl (C=O) groups is 2. The van der Waals surface area contributed by atoms with Crippen LogP contribution in [0.25, 0.3) is 0 Å². The van der Waals surface area contributed by atoms with E-state index < -0.39 is 11.9 Å². The highest BCUT2D eigenvalue weighted by molar-refractivity contribution is 5.87. The topological polar surface area (TPSA) is 98.2 Å². The van der Waals surface area contributed by atoms with Crippen LogP contribution in [0.3, 0.4) is 0 Å². The minimum Gasteiger partial charge on any atom is -0.366 e. The van der Waals surface area contributed by atoms with Crippen LogP contribution in [0.15, 0.2) is 22.8 Å². The fourth-order valence-electron chi connectivity index (χ4n) is 3.09. The van der Waals surface area contributed by atoms with Crippen molar-refractivity contribution >= 4 is 11.9 Å². The maximum absolute atomic E-state index is 11.3. The molecule has 5 N–H and O–H groups in total. The first-order valence-corrected chi connectivity index (χ1v) is 6.98. The number of carbonyl (C=O) groups excluding carboxylic acids is 2. The number of nitrogens with one attached hydrogen (secondary N) is 1. The third-order valence-corrected chi connectivity index (χ3v) is 3.79. The predicted molar refractivity (Wildman–Crippen MR) is 79.8 cm³/mol. The van der Waals surface area contributed by atoms with E-state index in [-0.39, 0.29) is 5.41 Å². The molecule has 1 aliphatic rings. The molecule has 5 nitrogen and oxygen atoms in total. The molecular weight excluding hydrogens is 254 g/mol. The predicted octanol–water partition coefficient (Wildman–Crippen LogP) is 1.98. The Kier molecular flexibility index (Phi) is 5.36. The summed E-state index contributed by atoms with van der Waals surface area (Å²) >= 11 is 0. The Labute approximate surface area is 120 Å². The molecule has 0 aromatic carbocycles.